The molecule has 0 saturated heterocycles. The van der Waals surface area contributed by atoms with E-state index in [0.29, 0.717) is 13.2 Å². The third kappa shape index (κ3) is 6.36. The minimum absolute atomic E-state index is 0.0425. The second kappa shape index (κ2) is 11.0. The van der Waals surface area contributed by atoms with Gasteiger partial charge in [-0.15, -0.1) is 0 Å². The molecule has 0 aliphatic heterocycles. The van der Waals surface area contributed by atoms with Crippen molar-refractivity contribution in [2.75, 3.05) is 26.8 Å². The van der Waals surface area contributed by atoms with E-state index in [0.717, 1.165) is 22.6 Å². The molecule has 5 nitrogen and oxygen atoms in total. The number of benzene rings is 3. The van der Waals surface area contributed by atoms with Gasteiger partial charge in [-0.3, -0.25) is 4.79 Å². The largest absolute Gasteiger partial charge is 0.497 e. The van der Waals surface area contributed by atoms with Crippen LogP contribution in [-0.4, -0.2) is 32.7 Å². The van der Waals surface area contributed by atoms with Crippen LogP contribution in [-0.2, 0) is 4.79 Å². The van der Waals surface area contributed by atoms with Crippen LogP contribution in [0.1, 0.15) is 18.5 Å². The number of hydrogen-bond donors (Lipinski definition) is 2. The van der Waals surface area contributed by atoms with E-state index < -0.39 is 0 Å². The van der Waals surface area contributed by atoms with E-state index in [1.807, 2.05) is 49.4 Å². The zero-order valence-corrected chi connectivity index (χ0v) is 17.4. The SMILES string of the molecule is COc1ccc(OCCNCC(=O)NC(C)c2ccc(-c3ccccc3)cc2)cc1. The fourth-order valence-electron chi connectivity index (χ4n) is 3.09. The van der Waals surface area contributed by atoms with Crippen LogP contribution in [0.4, 0.5) is 0 Å². The van der Waals surface area contributed by atoms with Crippen LogP contribution in [0.25, 0.3) is 11.1 Å². The van der Waals surface area contributed by atoms with Crippen molar-refractivity contribution >= 4 is 5.91 Å². The molecule has 0 radical (unpaired) electrons. The number of ether oxygens (including phenoxy) is 2. The molecule has 1 atom stereocenters. The van der Waals surface area contributed by atoms with E-state index in [2.05, 4.69) is 47.0 Å². The molecule has 0 aliphatic carbocycles. The zero-order valence-electron chi connectivity index (χ0n) is 17.4. The molecule has 0 saturated carbocycles. The third-order valence-corrected chi connectivity index (χ3v) is 4.79. The van der Waals surface area contributed by atoms with Crippen LogP contribution in [0.3, 0.4) is 0 Å². The highest BCUT2D eigenvalue weighted by molar-refractivity contribution is 5.78. The molecule has 3 aromatic carbocycles. The van der Waals surface area contributed by atoms with Crippen LogP contribution in [0.2, 0.25) is 0 Å². The normalized spacial score (nSPS) is 11.5. The van der Waals surface area contributed by atoms with Crippen molar-refractivity contribution in [2.24, 2.45) is 0 Å². The molecule has 30 heavy (non-hydrogen) atoms. The Kier molecular flexibility index (Phi) is 7.86. The lowest BCUT2D eigenvalue weighted by atomic mass is 10.0. The highest BCUT2D eigenvalue weighted by Gasteiger charge is 2.09. The van der Waals surface area contributed by atoms with Gasteiger partial charge >= 0.3 is 0 Å². The van der Waals surface area contributed by atoms with Gasteiger partial charge in [0.05, 0.1) is 19.7 Å². The molecule has 1 amide bonds. The van der Waals surface area contributed by atoms with Crippen LogP contribution < -0.4 is 20.1 Å². The summed E-state index contributed by atoms with van der Waals surface area (Å²) in [6.07, 6.45) is 0. The van der Waals surface area contributed by atoms with Gasteiger partial charge in [-0.05, 0) is 47.9 Å². The van der Waals surface area contributed by atoms with Gasteiger partial charge in [0.2, 0.25) is 5.91 Å². The number of carbonyl (C=O) groups excluding carboxylic acids is 1. The van der Waals surface area contributed by atoms with Crippen molar-refractivity contribution in [1.29, 1.82) is 0 Å². The summed E-state index contributed by atoms with van der Waals surface area (Å²) in [4.78, 5) is 12.2. The standard InChI is InChI=1S/C25H28N2O3/c1-19(20-8-10-22(11-9-20)21-6-4-3-5-7-21)27-25(28)18-26-16-17-30-24-14-12-23(29-2)13-15-24/h3-15,19,26H,16-18H2,1-2H3,(H,27,28). The zero-order chi connectivity index (χ0) is 21.2. The van der Waals surface area contributed by atoms with Gasteiger partial charge in [0.25, 0.3) is 0 Å². The summed E-state index contributed by atoms with van der Waals surface area (Å²) in [6.45, 7) is 3.30. The van der Waals surface area contributed by atoms with Gasteiger partial charge in [0, 0.05) is 6.54 Å². The predicted molar refractivity (Wildman–Crippen MR) is 120 cm³/mol. The van der Waals surface area contributed by atoms with E-state index in [-0.39, 0.29) is 18.5 Å². The van der Waals surface area contributed by atoms with Crippen LogP contribution in [0.5, 0.6) is 11.5 Å². The van der Waals surface area contributed by atoms with Crippen LogP contribution in [0, 0.1) is 0 Å². The maximum atomic E-state index is 12.2. The molecule has 0 bridgehead atoms. The maximum Gasteiger partial charge on any atom is 0.234 e. The molecule has 3 rings (SSSR count). The summed E-state index contributed by atoms with van der Waals surface area (Å²) in [6, 6.07) is 25.9. The lowest BCUT2D eigenvalue weighted by Crippen LogP contribution is -2.36. The third-order valence-electron chi connectivity index (χ3n) is 4.79. The topological polar surface area (TPSA) is 59.6 Å². The average Bonchev–Trinajstić information content (AvgIpc) is 2.80. The Bertz CT molecular complexity index is 909. The Morgan fingerprint density at radius 2 is 1.50 bits per heavy atom. The molecule has 156 valence electrons. The first-order valence-corrected chi connectivity index (χ1v) is 10.1. The molecule has 1 unspecified atom stereocenters. The van der Waals surface area contributed by atoms with Crippen molar-refractivity contribution in [3.8, 4) is 22.6 Å². The van der Waals surface area contributed by atoms with E-state index in [1.54, 1.807) is 7.11 Å². The average molecular weight is 405 g/mol. The first kappa shape index (κ1) is 21.4. The van der Waals surface area contributed by atoms with Gasteiger partial charge in [0.1, 0.15) is 18.1 Å². The number of methoxy groups -OCH3 is 1. The van der Waals surface area contributed by atoms with Crippen LogP contribution >= 0.6 is 0 Å². The summed E-state index contributed by atoms with van der Waals surface area (Å²) in [5, 5.41) is 6.12. The minimum Gasteiger partial charge on any atom is -0.497 e. The monoisotopic (exact) mass is 404 g/mol. The van der Waals surface area contributed by atoms with E-state index in [9.17, 15) is 4.79 Å². The van der Waals surface area contributed by atoms with Crippen molar-refractivity contribution in [2.45, 2.75) is 13.0 Å². The Morgan fingerprint density at radius 3 is 2.17 bits per heavy atom. The Hall–Kier alpha value is -3.31. The van der Waals surface area contributed by atoms with Gasteiger partial charge in [-0.1, -0.05) is 54.6 Å². The Morgan fingerprint density at radius 1 is 0.867 bits per heavy atom. The summed E-state index contributed by atoms with van der Waals surface area (Å²) in [5.74, 6) is 1.52. The van der Waals surface area contributed by atoms with Crippen molar-refractivity contribution in [1.82, 2.24) is 10.6 Å². The van der Waals surface area contributed by atoms with Gasteiger partial charge in [-0.25, -0.2) is 0 Å². The predicted octanol–water partition coefficient (Wildman–Crippen LogP) is 4.21. The highest BCUT2D eigenvalue weighted by Crippen LogP contribution is 2.21. The maximum absolute atomic E-state index is 12.2. The first-order valence-electron chi connectivity index (χ1n) is 10.1. The molecular formula is C25H28N2O3. The van der Waals surface area contributed by atoms with Crippen molar-refractivity contribution in [3.05, 3.63) is 84.4 Å². The molecule has 0 fully saturated rings. The molecule has 0 aromatic heterocycles. The Balaban J connectivity index is 1.37. The number of carbonyl (C=O) groups is 1. The molecule has 3 aromatic rings. The van der Waals surface area contributed by atoms with E-state index in [4.69, 9.17) is 9.47 Å². The van der Waals surface area contributed by atoms with Crippen LogP contribution in [0.15, 0.2) is 78.9 Å². The molecule has 0 spiro atoms. The molecular weight excluding hydrogens is 376 g/mol. The summed E-state index contributed by atoms with van der Waals surface area (Å²) in [7, 11) is 1.63. The second-order valence-corrected chi connectivity index (χ2v) is 6.98. The van der Waals surface area contributed by atoms with E-state index >= 15 is 0 Å². The second-order valence-electron chi connectivity index (χ2n) is 6.98. The quantitative estimate of drug-likeness (QED) is 0.497. The number of nitrogens with one attached hydrogen (secondary N) is 2. The fraction of sp³-hybridized carbons (Fsp3) is 0.240. The number of hydrogen-bond acceptors (Lipinski definition) is 4. The fourth-order valence-corrected chi connectivity index (χ4v) is 3.09. The summed E-state index contributed by atoms with van der Waals surface area (Å²) in [5.41, 5.74) is 3.42. The van der Waals surface area contributed by atoms with Crippen molar-refractivity contribution < 1.29 is 14.3 Å². The van der Waals surface area contributed by atoms with Crippen molar-refractivity contribution in [3.63, 3.8) is 0 Å². The lowest BCUT2D eigenvalue weighted by Gasteiger charge is -2.15. The van der Waals surface area contributed by atoms with E-state index in [1.165, 1.54) is 5.56 Å². The Labute approximate surface area is 178 Å². The molecule has 0 heterocycles. The first-order chi connectivity index (χ1) is 14.7. The lowest BCUT2D eigenvalue weighted by molar-refractivity contribution is -0.120. The highest BCUT2D eigenvalue weighted by atomic mass is 16.5. The number of amides is 1. The summed E-state index contributed by atoms with van der Waals surface area (Å²) < 4.78 is 10.8. The molecule has 0 aliphatic rings. The molecule has 5 heteroatoms. The van der Waals surface area contributed by atoms with Gasteiger partial charge in [-0.2, -0.15) is 0 Å². The van der Waals surface area contributed by atoms with Gasteiger partial charge in [0.15, 0.2) is 0 Å². The molecule has 2 N–H and O–H groups in total. The summed E-state index contributed by atoms with van der Waals surface area (Å²) >= 11 is 0. The number of rotatable bonds is 10. The minimum atomic E-state index is -0.0559. The van der Waals surface area contributed by atoms with Gasteiger partial charge < -0.3 is 20.1 Å². The smallest absolute Gasteiger partial charge is 0.234 e.